The summed E-state index contributed by atoms with van der Waals surface area (Å²) in [6.07, 6.45) is 1.61. The number of thiophene rings is 1. The van der Waals surface area contributed by atoms with Crippen LogP contribution in [0.2, 0.25) is 0 Å². The molecular formula is C11H13F2N3OS. The molecule has 0 aliphatic rings. The molecule has 0 saturated carbocycles. The molecule has 0 bridgehead atoms. The third-order valence-electron chi connectivity index (χ3n) is 2.42. The lowest BCUT2D eigenvalue weighted by molar-refractivity contribution is -0.0477. The van der Waals surface area contributed by atoms with Crippen molar-refractivity contribution in [2.24, 2.45) is 0 Å². The Kier molecular flexibility index (Phi) is 4.05. The fourth-order valence-corrected chi connectivity index (χ4v) is 2.27. The van der Waals surface area contributed by atoms with Crippen LogP contribution in [-0.4, -0.2) is 34.4 Å². The number of hydrogen-bond acceptors (Lipinski definition) is 4. The number of aromatic amines is 1. The zero-order valence-corrected chi connectivity index (χ0v) is 10.3. The number of nitrogens with one attached hydrogen (secondary N) is 2. The summed E-state index contributed by atoms with van der Waals surface area (Å²) in [6, 6.07) is 3.85. The van der Waals surface area contributed by atoms with E-state index in [0.717, 1.165) is 16.1 Å². The standard InChI is InChI=1S/C11H13F2N3OS/c12-11(13,7-17)6-14-4-8-5-15-16-10(8)9-2-1-3-18-9/h1-3,5,14,17H,4,6-7H2,(H,15,16). The zero-order chi connectivity index (χ0) is 13.0. The molecule has 0 saturated heterocycles. The van der Waals surface area contributed by atoms with Gasteiger partial charge in [-0.3, -0.25) is 5.10 Å². The minimum Gasteiger partial charge on any atom is -0.390 e. The molecule has 0 amide bonds. The van der Waals surface area contributed by atoms with Gasteiger partial charge in [0.25, 0.3) is 5.92 Å². The molecule has 0 aliphatic heterocycles. The van der Waals surface area contributed by atoms with Crippen molar-refractivity contribution in [3.05, 3.63) is 29.3 Å². The monoisotopic (exact) mass is 273 g/mol. The topological polar surface area (TPSA) is 60.9 Å². The lowest BCUT2D eigenvalue weighted by Gasteiger charge is -2.13. The van der Waals surface area contributed by atoms with Gasteiger partial charge in [-0.1, -0.05) is 6.07 Å². The van der Waals surface area contributed by atoms with E-state index in [2.05, 4.69) is 15.5 Å². The van der Waals surface area contributed by atoms with E-state index < -0.39 is 19.1 Å². The molecule has 2 heterocycles. The number of halogens is 2. The van der Waals surface area contributed by atoms with Crippen LogP contribution in [0.4, 0.5) is 8.78 Å². The summed E-state index contributed by atoms with van der Waals surface area (Å²) in [7, 11) is 0. The van der Waals surface area contributed by atoms with E-state index in [1.807, 2.05) is 17.5 Å². The average Bonchev–Trinajstić information content (AvgIpc) is 2.98. The summed E-state index contributed by atoms with van der Waals surface area (Å²) in [4.78, 5) is 1.01. The summed E-state index contributed by atoms with van der Waals surface area (Å²) in [6.45, 7) is -1.43. The number of rotatable bonds is 6. The minimum atomic E-state index is -3.09. The average molecular weight is 273 g/mol. The van der Waals surface area contributed by atoms with Gasteiger partial charge >= 0.3 is 0 Å². The number of nitrogens with zero attached hydrogens (tertiary/aromatic N) is 1. The number of aliphatic hydroxyl groups excluding tert-OH is 1. The number of alkyl halides is 2. The van der Waals surface area contributed by atoms with E-state index in [1.165, 1.54) is 0 Å². The number of hydrogen-bond donors (Lipinski definition) is 3. The van der Waals surface area contributed by atoms with Gasteiger partial charge in [-0.25, -0.2) is 8.78 Å². The number of aliphatic hydroxyl groups is 1. The van der Waals surface area contributed by atoms with Gasteiger partial charge in [-0.2, -0.15) is 5.10 Å². The van der Waals surface area contributed by atoms with E-state index in [0.29, 0.717) is 0 Å². The Labute approximate surface area is 107 Å². The Morgan fingerprint density at radius 2 is 2.33 bits per heavy atom. The first-order valence-electron chi connectivity index (χ1n) is 5.38. The normalized spacial score (nSPS) is 11.9. The van der Waals surface area contributed by atoms with Crippen molar-refractivity contribution in [1.29, 1.82) is 0 Å². The molecule has 3 N–H and O–H groups in total. The molecule has 18 heavy (non-hydrogen) atoms. The maximum absolute atomic E-state index is 12.8. The SMILES string of the molecule is OCC(F)(F)CNCc1cn[nH]c1-c1cccs1. The second-order valence-electron chi connectivity index (χ2n) is 3.87. The first-order valence-corrected chi connectivity index (χ1v) is 6.26. The van der Waals surface area contributed by atoms with Crippen LogP contribution in [0.5, 0.6) is 0 Å². The molecule has 0 atom stereocenters. The van der Waals surface area contributed by atoms with Crippen LogP contribution >= 0.6 is 11.3 Å². The Hall–Kier alpha value is -1.31. The maximum atomic E-state index is 12.8. The van der Waals surface area contributed by atoms with Crippen molar-refractivity contribution in [3.63, 3.8) is 0 Å². The molecule has 2 aromatic rings. The van der Waals surface area contributed by atoms with Gasteiger partial charge in [0.2, 0.25) is 0 Å². The molecule has 0 aliphatic carbocycles. The first-order chi connectivity index (χ1) is 8.62. The van der Waals surface area contributed by atoms with Gasteiger partial charge in [0.15, 0.2) is 0 Å². The van der Waals surface area contributed by atoms with Crippen LogP contribution in [0.15, 0.2) is 23.7 Å². The summed E-state index contributed by atoms with van der Waals surface area (Å²) in [5, 5.41) is 19.8. The van der Waals surface area contributed by atoms with Crippen LogP contribution in [0.25, 0.3) is 10.6 Å². The van der Waals surface area contributed by atoms with E-state index >= 15 is 0 Å². The molecule has 2 aromatic heterocycles. The highest BCUT2D eigenvalue weighted by Crippen LogP contribution is 2.25. The van der Waals surface area contributed by atoms with E-state index in [9.17, 15) is 8.78 Å². The molecule has 7 heteroatoms. The van der Waals surface area contributed by atoms with Crippen molar-refractivity contribution in [1.82, 2.24) is 15.5 Å². The van der Waals surface area contributed by atoms with Crippen molar-refractivity contribution < 1.29 is 13.9 Å². The van der Waals surface area contributed by atoms with Crippen LogP contribution in [0.1, 0.15) is 5.56 Å². The van der Waals surface area contributed by atoms with E-state index in [1.54, 1.807) is 17.5 Å². The van der Waals surface area contributed by atoms with E-state index in [4.69, 9.17) is 5.11 Å². The highest BCUT2D eigenvalue weighted by atomic mass is 32.1. The summed E-state index contributed by atoms with van der Waals surface area (Å²) < 4.78 is 25.6. The van der Waals surface area contributed by atoms with Crippen molar-refractivity contribution in [2.45, 2.75) is 12.5 Å². The minimum absolute atomic E-state index is 0.277. The van der Waals surface area contributed by atoms with Gasteiger partial charge < -0.3 is 10.4 Å². The molecule has 0 aromatic carbocycles. The molecule has 0 radical (unpaired) electrons. The quantitative estimate of drug-likeness (QED) is 0.753. The molecule has 0 spiro atoms. The maximum Gasteiger partial charge on any atom is 0.282 e. The van der Waals surface area contributed by atoms with Gasteiger partial charge in [-0.15, -0.1) is 11.3 Å². The van der Waals surface area contributed by atoms with Crippen LogP contribution in [0, 0.1) is 0 Å². The summed E-state index contributed by atoms with van der Waals surface area (Å²) >= 11 is 1.55. The smallest absolute Gasteiger partial charge is 0.282 e. The molecular weight excluding hydrogens is 260 g/mol. The van der Waals surface area contributed by atoms with Gasteiger partial charge in [-0.05, 0) is 11.4 Å². The second-order valence-corrected chi connectivity index (χ2v) is 4.81. The van der Waals surface area contributed by atoms with E-state index in [-0.39, 0.29) is 6.54 Å². The van der Waals surface area contributed by atoms with Gasteiger partial charge in [0.1, 0.15) is 6.61 Å². The van der Waals surface area contributed by atoms with Crippen molar-refractivity contribution in [2.75, 3.05) is 13.2 Å². The predicted octanol–water partition coefficient (Wildman–Crippen LogP) is 1.86. The number of aromatic nitrogens is 2. The third-order valence-corrected chi connectivity index (χ3v) is 3.30. The lowest BCUT2D eigenvalue weighted by Crippen LogP contribution is -2.35. The number of H-pyrrole nitrogens is 1. The molecule has 0 fully saturated rings. The van der Waals surface area contributed by atoms with Crippen LogP contribution in [0.3, 0.4) is 0 Å². The Balaban J connectivity index is 1.97. The summed E-state index contributed by atoms with van der Waals surface area (Å²) in [5.74, 6) is -3.09. The molecule has 0 unspecified atom stereocenters. The largest absolute Gasteiger partial charge is 0.390 e. The summed E-state index contributed by atoms with van der Waals surface area (Å²) in [5.41, 5.74) is 1.66. The third kappa shape index (κ3) is 3.12. The zero-order valence-electron chi connectivity index (χ0n) is 9.49. The molecule has 98 valence electrons. The highest BCUT2D eigenvalue weighted by Gasteiger charge is 2.26. The van der Waals surface area contributed by atoms with Crippen molar-refractivity contribution >= 4 is 11.3 Å². The van der Waals surface area contributed by atoms with Crippen LogP contribution < -0.4 is 5.32 Å². The first kappa shape index (κ1) is 13.1. The fourth-order valence-electron chi connectivity index (χ4n) is 1.52. The van der Waals surface area contributed by atoms with Gasteiger partial charge in [0.05, 0.1) is 23.3 Å². The van der Waals surface area contributed by atoms with Crippen LogP contribution in [-0.2, 0) is 6.54 Å². The Bertz CT molecular complexity index is 484. The fraction of sp³-hybridized carbons (Fsp3) is 0.364. The van der Waals surface area contributed by atoms with Gasteiger partial charge in [0, 0.05) is 12.1 Å². The second kappa shape index (κ2) is 5.55. The molecule has 2 rings (SSSR count). The predicted molar refractivity (Wildman–Crippen MR) is 65.6 cm³/mol. The molecule has 4 nitrogen and oxygen atoms in total. The lowest BCUT2D eigenvalue weighted by atomic mass is 10.2. The van der Waals surface area contributed by atoms with Crippen molar-refractivity contribution in [3.8, 4) is 10.6 Å². The Morgan fingerprint density at radius 3 is 3.00 bits per heavy atom. The highest BCUT2D eigenvalue weighted by molar-refractivity contribution is 7.13. The Morgan fingerprint density at radius 1 is 1.50 bits per heavy atom.